The molecule has 25 heavy (non-hydrogen) atoms. The number of furan rings is 1. The van der Waals surface area contributed by atoms with Gasteiger partial charge in [-0.3, -0.25) is 9.69 Å². The average Bonchev–Trinajstić information content (AvgIpc) is 3.23. The Morgan fingerprint density at radius 2 is 2.24 bits per heavy atom. The van der Waals surface area contributed by atoms with E-state index in [4.69, 9.17) is 4.42 Å². The number of amides is 1. The molecule has 1 amide bonds. The summed E-state index contributed by atoms with van der Waals surface area (Å²) in [4.78, 5) is 14.6. The Hall–Kier alpha value is -2.41. The average molecular weight is 343 g/mol. The summed E-state index contributed by atoms with van der Waals surface area (Å²) in [6.07, 6.45) is 4.51. The highest BCUT2D eigenvalue weighted by molar-refractivity contribution is 5.91. The molecule has 0 bridgehead atoms. The number of aromatic nitrogens is 3. The Morgan fingerprint density at radius 3 is 2.96 bits per heavy atom. The van der Waals surface area contributed by atoms with Crippen LogP contribution < -0.4 is 5.32 Å². The molecule has 3 rings (SSSR count). The van der Waals surface area contributed by atoms with Crippen molar-refractivity contribution < 1.29 is 9.21 Å². The lowest BCUT2D eigenvalue weighted by atomic mass is 10.2. The number of carbonyl (C=O) groups is 1. The molecule has 1 aliphatic heterocycles. The molecule has 1 aliphatic rings. The Kier molecular flexibility index (Phi) is 5.33. The van der Waals surface area contributed by atoms with Gasteiger partial charge >= 0.3 is 0 Å². The van der Waals surface area contributed by atoms with Crippen LogP contribution in [-0.2, 0) is 13.0 Å². The van der Waals surface area contributed by atoms with E-state index in [9.17, 15) is 4.79 Å². The van der Waals surface area contributed by atoms with Crippen molar-refractivity contribution in [2.45, 2.75) is 39.8 Å². The van der Waals surface area contributed by atoms with Crippen LogP contribution in [-0.4, -0.2) is 45.2 Å². The lowest BCUT2D eigenvalue weighted by molar-refractivity contribution is 0.0909. The third-order valence-corrected chi connectivity index (χ3v) is 4.59. The van der Waals surface area contributed by atoms with Crippen LogP contribution in [0.1, 0.15) is 49.0 Å². The maximum atomic E-state index is 12.2. The van der Waals surface area contributed by atoms with Gasteiger partial charge in [0.15, 0.2) is 11.6 Å². The molecule has 0 saturated heterocycles. The Balaban J connectivity index is 1.68. The first-order valence-electron chi connectivity index (χ1n) is 8.69. The quantitative estimate of drug-likeness (QED) is 0.842. The van der Waals surface area contributed by atoms with Crippen LogP contribution in [0.25, 0.3) is 0 Å². The summed E-state index contributed by atoms with van der Waals surface area (Å²) in [5, 5.41) is 11.6. The molecule has 7 heteroatoms. The fourth-order valence-corrected chi connectivity index (χ4v) is 3.05. The standard InChI is InChI=1S/C18H25N5O2/c1-4-13(2)12-22-8-7-16-20-21-17(23(16)10-9-22)14(3)19-18(24)15-6-5-11-25-15/h4-6,11,14H,7-10,12H2,1-3H3,(H,19,24)/b13-4+. The minimum Gasteiger partial charge on any atom is -0.459 e. The zero-order chi connectivity index (χ0) is 17.8. The molecule has 1 N–H and O–H groups in total. The number of rotatable bonds is 5. The number of allylic oxidation sites excluding steroid dienone is 1. The van der Waals surface area contributed by atoms with Gasteiger partial charge in [-0.05, 0) is 32.9 Å². The summed E-state index contributed by atoms with van der Waals surface area (Å²) >= 11 is 0. The third kappa shape index (κ3) is 3.99. The number of hydrogen-bond acceptors (Lipinski definition) is 5. The first-order chi connectivity index (χ1) is 12.1. The van der Waals surface area contributed by atoms with E-state index in [1.54, 1.807) is 12.1 Å². The molecule has 0 aromatic carbocycles. The van der Waals surface area contributed by atoms with Gasteiger partial charge in [-0.1, -0.05) is 11.6 Å². The fourth-order valence-electron chi connectivity index (χ4n) is 3.05. The van der Waals surface area contributed by atoms with E-state index < -0.39 is 0 Å². The third-order valence-electron chi connectivity index (χ3n) is 4.59. The van der Waals surface area contributed by atoms with Crippen molar-refractivity contribution in [3.63, 3.8) is 0 Å². The second-order valence-corrected chi connectivity index (χ2v) is 6.46. The maximum Gasteiger partial charge on any atom is 0.287 e. The van der Waals surface area contributed by atoms with Gasteiger partial charge in [-0.2, -0.15) is 0 Å². The molecule has 0 radical (unpaired) electrons. The van der Waals surface area contributed by atoms with Gasteiger partial charge in [0, 0.05) is 32.6 Å². The van der Waals surface area contributed by atoms with E-state index in [0.29, 0.717) is 5.76 Å². The number of carbonyl (C=O) groups excluding carboxylic acids is 1. The number of hydrogen-bond donors (Lipinski definition) is 1. The first-order valence-corrected chi connectivity index (χ1v) is 8.69. The molecular weight excluding hydrogens is 318 g/mol. The van der Waals surface area contributed by atoms with Crippen LogP contribution in [0, 0.1) is 0 Å². The van der Waals surface area contributed by atoms with Crippen LogP contribution in [0.5, 0.6) is 0 Å². The van der Waals surface area contributed by atoms with Crippen molar-refractivity contribution in [2.24, 2.45) is 0 Å². The molecule has 2 aromatic rings. The second-order valence-electron chi connectivity index (χ2n) is 6.46. The van der Waals surface area contributed by atoms with Gasteiger partial charge < -0.3 is 14.3 Å². The first kappa shape index (κ1) is 17.4. The normalized spacial score (nSPS) is 17.0. The van der Waals surface area contributed by atoms with Crippen LogP contribution in [0.4, 0.5) is 0 Å². The summed E-state index contributed by atoms with van der Waals surface area (Å²) in [6, 6.07) is 3.11. The van der Waals surface area contributed by atoms with Crippen LogP contribution in [0.15, 0.2) is 34.5 Å². The van der Waals surface area contributed by atoms with Crippen LogP contribution >= 0.6 is 0 Å². The smallest absolute Gasteiger partial charge is 0.287 e. The van der Waals surface area contributed by atoms with E-state index in [1.165, 1.54) is 11.8 Å². The highest BCUT2D eigenvalue weighted by Crippen LogP contribution is 2.16. The van der Waals surface area contributed by atoms with Crippen molar-refractivity contribution in [3.05, 3.63) is 47.5 Å². The molecule has 134 valence electrons. The predicted molar refractivity (Wildman–Crippen MR) is 94.2 cm³/mol. The summed E-state index contributed by atoms with van der Waals surface area (Å²) in [5.41, 5.74) is 1.37. The van der Waals surface area contributed by atoms with Crippen LogP contribution in [0.3, 0.4) is 0 Å². The summed E-state index contributed by atoms with van der Waals surface area (Å²) < 4.78 is 7.28. The zero-order valence-corrected chi connectivity index (χ0v) is 15.0. The van der Waals surface area contributed by atoms with E-state index in [-0.39, 0.29) is 11.9 Å². The maximum absolute atomic E-state index is 12.2. The zero-order valence-electron chi connectivity index (χ0n) is 15.0. The molecule has 0 aliphatic carbocycles. The minimum atomic E-state index is -0.242. The fraction of sp³-hybridized carbons (Fsp3) is 0.500. The van der Waals surface area contributed by atoms with E-state index in [0.717, 1.165) is 44.2 Å². The molecule has 0 spiro atoms. The number of nitrogens with zero attached hydrogens (tertiary/aromatic N) is 4. The Labute approximate surface area is 147 Å². The van der Waals surface area contributed by atoms with Crippen molar-refractivity contribution >= 4 is 5.91 Å². The molecule has 7 nitrogen and oxygen atoms in total. The van der Waals surface area contributed by atoms with Crippen molar-refractivity contribution in [1.82, 2.24) is 25.0 Å². The number of fused-ring (bicyclic) bond motifs is 1. The summed E-state index contributed by atoms with van der Waals surface area (Å²) in [5.74, 6) is 1.83. The second kappa shape index (κ2) is 7.65. The lowest BCUT2D eigenvalue weighted by Gasteiger charge is -2.20. The SMILES string of the molecule is C/C=C(\C)CN1CCc2nnc(C(C)NC(=O)c3ccco3)n2CC1. The minimum absolute atomic E-state index is 0.234. The Morgan fingerprint density at radius 1 is 1.40 bits per heavy atom. The monoisotopic (exact) mass is 343 g/mol. The van der Waals surface area contributed by atoms with Crippen molar-refractivity contribution in [3.8, 4) is 0 Å². The van der Waals surface area contributed by atoms with Gasteiger partial charge in [-0.25, -0.2) is 0 Å². The van der Waals surface area contributed by atoms with Crippen molar-refractivity contribution in [2.75, 3.05) is 19.6 Å². The van der Waals surface area contributed by atoms with Crippen LogP contribution in [0.2, 0.25) is 0 Å². The molecule has 2 aromatic heterocycles. The molecule has 0 fully saturated rings. The Bertz CT molecular complexity index is 748. The van der Waals surface area contributed by atoms with Gasteiger partial charge in [0.05, 0.1) is 12.3 Å². The van der Waals surface area contributed by atoms with E-state index in [1.807, 2.05) is 6.92 Å². The largest absolute Gasteiger partial charge is 0.459 e. The number of nitrogens with one attached hydrogen (secondary N) is 1. The van der Waals surface area contributed by atoms with E-state index in [2.05, 4.69) is 44.9 Å². The topological polar surface area (TPSA) is 76.2 Å². The lowest BCUT2D eigenvalue weighted by Crippen LogP contribution is -2.30. The highest BCUT2D eigenvalue weighted by atomic mass is 16.3. The van der Waals surface area contributed by atoms with E-state index >= 15 is 0 Å². The molecule has 3 heterocycles. The molecular formula is C18H25N5O2. The van der Waals surface area contributed by atoms with Gasteiger partial charge in [0.2, 0.25) is 0 Å². The summed E-state index contributed by atoms with van der Waals surface area (Å²) in [6.45, 7) is 9.88. The van der Waals surface area contributed by atoms with Gasteiger partial charge in [-0.15, -0.1) is 10.2 Å². The van der Waals surface area contributed by atoms with Gasteiger partial charge in [0.25, 0.3) is 5.91 Å². The molecule has 1 atom stereocenters. The van der Waals surface area contributed by atoms with Gasteiger partial charge in [0.1, 0.15) is 5.82 Å². The molecule has 0 saturated carbocycles. The predicted octanol–water partition coefficient (Wildman–Crippen LogP) is 2.19. The molecule has 1 unspecified atom stereocenters. The van der Waals surface area contributed by atoms with Crippen molar-refractivity contribution in [1.29, 1.82) is 0 Å². The highest BCUT2D eigenvalue weighted by Gasteiger charge is 2.23. The summed E-state index contributed by atoms with van der Waals surface area (Å²) in [7, 11) is 0.